The second kappa shape index (κ2) is 3.65. The predicted octanol–water partition coefficient (Wildman–Crippen LogP) is 1.60. The van der Waals surface area contributed by atoms with E-state index in [0.29, 0.717) is 0 Å². The summed E-state index contributed by atoms with van der Waals surface area (Å²) in [5, 5.41) is 0. The molecule has 0 N–H and O–H groups in total. The van der Waals surface area contributed by atoms with Crippen LogP contribution in [0.2, 0.25) is 0 Å². The van der Waals surface area contributed by atoms with Crippen LogP contribution in [-0.4, -0.2) is 36.0 Å². The highest BCUT2D eigenvalue weighted by Crippen LogP contribution is 2.21. The van der Waals surface area contributed by atoms with Gasteiger partial charge in [-0.05, 0) is 6.92 Å². The molecule has 2 nitrogen and oxygen atoms in total. The van der Waals surface area contributed by atoms with Gasteiger partial charge in [-0.25, -0.2) is 0 Å². The summed E-state index contributed by atoms with van der Waals surface area (Å²) in [4.78, 5) is 12.2. The van der Waals surface area contributed by atoms with Gasteiger partial charge in [-0.3, -0.25) is 9.69 Å². The topological polar surface area (TPSA) is 20.3 Å². The first-order valence-electron chi connectivity index (χ1n) is 4.21. The Morgan fingerprint density at radius 3 is 2.62 bits per heavy atom. The van der Waals surface area contributed by atoms with Gasteiger partial charge in [0.15, 0.2) is 0 Å². The molecule has 0 aromatic carbocycles. The Labute approximate surface area is 74.7 Å². The summed E-state index contributed by atoms with van der Waals surface area (Å²) >= 11 is 0. The summed E-state index contributed by atoms with van der Waals surface area (Å²) in [6, 6.07) is -0.275. The van der Waals surface area contributed by atoms with Crippen LogP contribution in [-0.2, 0) is 4.79 Å². The van der Waals surface area contributed by atoms with E-state index in [1.54, 1.807) is 6.92 Å². The van der Waals surface area contributed by atoms with E-state index in [4.69, 9.17) is 0 Å². The molecular weight excluding hydrogens is 183 g/mol. The Hall–Kier alpha value is -0.580. The molecule has 76 valence electrons. The van der Waals surface area contributed by atoms with Gasteiger partial charge in [0.1, 0.15) is 5.78 Å². The lowest BCUT2D eigenvalue weighted by Gasteiger charge is -2.32. The van der Waals surface area contributed by atoms with Gasteiger partial charge in [-0.1, -0.05) is 0 Å². The maximum atomic E-state index is 12.0. The predicted molar refractivity (Wildman–Crippen MR) is 41.3 cm³/mol. The Morgan fingerprint density at radius 2 is 2.15 bits per heavy atom. The molecule has 0 radical (unpaired) electrons. The monoisotopic (exact) mass is 195 g/mol. The van der Waals surface area contributed by atoms with Crippen molar-refractivity contribution in [3.05, 3.63) is 0 Å². The number of nitrogens with zero attached hydrogens (tertiary/aromatic N) is 1. The first-order chi connectivity index (χ1) is 5.88. The summed E-state index contributed by atoms with van der Waals surface area (Å²) in [5.41, 5.74) is 0. The molecule has 0 aromatic rings. The molecule has 1 unspecified atom stereocenters. The molecule has 0 spiro atoms. The first kappa shape index (κ1) is 10.5. The van der Waals surface area contributed by atoms with Crippen LogP contribution in [0.5, 0.6) is 0 Å². The zero-order valence-corrected chi connectivity index (χ0v) is 7.40. The lowest BCUT2D eigenvalue weighted by molar-refractivity contribution is -0.155. The molecule has 0 aliphatic carbocycles. The Balaban J connectivity index is 2.47. The molecular formula is C8H12F3NO. The highest BCUT2D eigenvalue weighted by Gasteiger charge is 2.34. The molecule has 0 saturated carbocycles. The molecule has 1 atom stereocenters. The van der Waals surface area contributed by atoms with Crippen molar-refractivity contribution < 1.29 is 18.0 Å². The van der Waals surface area contributed by atoms with E-state index in [1.807, 2.05) is 0 Å². The van der Waals surface area contributed by atoms with Gasteiger partial charge in [0.25, 0.3) is 0 Å². The summed E-state index contributed by atoms with van der Waals surface area (Å²) in [6.45, 7) is 0.990. The van der Waals surface area contributed by atoms with Crippen molar-refractivity contribution in [3.8, 4) is 0 Å². The minimum atomic E-state index is -4.16. The second-order valence-corrected chi connectivity index (χ2v) is 3.43. The first-order valence-corrected chi connectivity index (χ1v) is 4.21. The van der Waals surface area contributed by atoms with Gasteiger partial charge >= 0.3 is 6.18 Å². The number of halogens is 3. The van der Waals surface area contributed by atoms with Crippen LogP contribution in [0, 0.1) is 0 Å². The molecule has 0 amide bonds. The van der Waals surface area contributed by atoms with Crippen molar-refractivity contribution in [2.75, 3.05) is 13.1 Å². The van der Waals surface area contributed by atoms with Crippen LogP contribution in [0.4, 0.5) is 13.2 Å². The van der Waals surface area contributed by atoms with E-state index in [0.717, 1.165) is 0 Å². The van der Waals surface area contributed by atoms with Crippen molar-refractivity contribution in [1.29, 1.82) is 0 Å². The fourth-order valence-corrected chi connectivity index (χ4v) is 1.51. The number of carbonyl (C=O) groups is 1. The van der Waals surface area contributed by atoms with Gasteiger partial charge in [-0.2, -0.15) is 13.2 Å². The molecule has 0 aromatic heterocycles. The number of carbonyl (C=O) groups excluding carboxylic acids is 1. The lowest BCUT2D eigenvalue weighted by atomic mass is 10.0. The van der Waals surface area contributed by atoms with E-state index in [1.165, 1.54) is 4.90 Å². The highest BCUT2D eigenvalue weighted by atomic mass is 19.4. The van der Waals surface area contributed by atoms with Crippen LogP contribution in [0.15, 0.2) is 0 Å². The largest absolute Gasteiger partial charge is 0.401 e. The van der Waals surface area contributed by atoms with Crippen LogP contribution in [0.25, 0.3) is 0 Å². The third-order valence-electron chi connectivity index (χ3n) is 2.21. The van der Waals surface area contributed by atoms with Crippen molar-refractivity contribution in [2.24, 2.45) is 0 Å². The molecule has 0 bridgehead atoms. The van der Waals surface area contributed by atoms with Gasteiger partial charge in [-0.15, -0.1) is 0 Å². The lowest BCUT2D eigenvalue weighted by Crippen LogP contribution is -2.45. The van der Waals surface area contributed by atoms with E-state index in [2.05, 4.69) is 0 Å². The van der Waals surface area contributed by atoms with Crippen LogP contribution in [0.3, 0.4) is 0 Å². The number of ketones is 1. The maximum Gasteiger partial charge on any atom is 0.401 e. The summed E-state index contributed by atoms with van der Waals surface area (Å²) in [7, 11) is 0. The Bertz CT molecular complexity index is 202. The fourth-order valence-electron chi connectivity index (χ4n) is 1.51. The van der Waals surface area contributed by atoms with Gasteiger partial charge in [0.05, 0.1) is 6.54 Å². The molecule has 1 aliphatic heterocycles. The minimum Gasteiger partial charge on any atom is -0.300 e. The molecule has 1 saturated heterocycles. The van der Waals surface area contributed by atoms with E-state index >= 15 is 0 Å². The smallest absolute Gasteiger partial charge is 0.300 e. The summed E-state index contributed by atoms with van der Waals surface area (Å²) < 4.78 is 36.0. The quantitative estimate of drug-likeness (QED) is 0.633. The number of hydrogen-bond donors (Lipinski definition) is 0. The molecule has 1 heterocycles. The maximum absolute atomic E-state index is 12.0. The normalized spacial score (nSPS) is 26.5. The Morgan fingerprint density at radius 1 is 1.54 bits per heavy atom. The van der Waals surface area contributed by atoms with Crippen LogP contribution >= 0.6 is 0 Å². The molecule has 5 heteroatoms. The Kier molecular flexibility index (Phi) is 2.95. The van der Waals surface area contributed by atoms with Crippen LogP contribution < -0.4 is 0 Å². The molecule has 1 fully saturated rings. The zero-order chi connectivity index (χ0) is 10.1. The fraction of sp³-hybridized carbons (Fsp3) is 0.875. The summed E-state index contributed by atoms with van der Waals surface area (Å²) in [5.74, 6) is 0.0610. The van der Waals surface area contributed by atoms with Crippen molar-refractivity contribution in [3.63, 3.8) is 0 Å². The van der Waals surface area contributed by atoms with E-state index in [9.17, 15) is 18.0 Å². The second-order valence-electron chi connectivity index (χ2n) is 3.43. The third kappa shape index (κ3) is 3.34. The molecule has 1 rings (SSSR count). The number of rotatable bonds is 1. The number of piperidine rings is 1. The number of alkyl halides is 3. The SMILES string of the molecule is CC1CC(=O)CCN1CC(F)(F)F. The van der Waals surface area contributed by atoms with Gasteiger partial charge in [0.2, 0.25) is 0 Å². The van der Waals surface area contributed by atoms with Crippen molar-refractivity contribution in [1.82, 2.24) is 4.90 Å². The average molecular weight is 195 g/mol. The van der Waals surface area contributed by atoms with E-state index < -0.39 is 12.7 Å². The number of likely N-dealkylation sites (tertiary alicyclic amines) is 1. The highest BCUT2D eigenvalue weighted by molar-refractivity contribution is 5.79. The van der Waals surface area contributed by atoms with Gasteiger partial charge in [0, 0.05) is 25.4 Å². The average Bonchev–Trinajstić information content (AvgIpc) is 1.93. The number of Topliss-reactive ketones (excluding diaryl/α,β-unsaturated/α-hetero) is 1. The minimum absolute atomic E-state index is 0.0610. The number of hydrogen-bond acceptors (Lipinski definition) is 2. The standard InChI is InChI=1S/C8H12F3NO/c1-6-4-7(13)2-3-12(6)5-8(9,10)11/h6H,2-5H2,1H3. The zero-order valence-electron chi connectivity index (χ0n) is 7.40. The molecule has 1 aliphatic rings. The molecule has 13 heavy (non-hydrogen) atoms. The summed E-state index contributed by atoms with van der Waals surface area (Å²) in [6.07, 6.45) is -3.66. The van der Waals surface area contributed by atoms with E-state index in [-0.39, 0.29) is 31.2 Å². The third-order valence-corrected chi connectivity index (χ3v) is 2.21. The van der Waals surface area contributed by atoms with Crippen molar-refractivity contribution in [2.45, 2.75) is 32.0 Å². The van der Waals surface area contributed by atoms with Gasteiger partial charge < -0.3 is 0 Å². The van der Waals surface area contributed by atoms with Crippen LogP contribution in [0.1, 0.15) is 19.8 Å². The van der Waals surface area contributed by atoms with Crippen molar-refractivity contribution >= 4 is 5.78 Å².